The summed E-state index contributed by atoms with van der Waals surface area (Å²) in [6.07, 6.45) is 1.77. The Bertz CT molecular complexity index is 459. The van der Waals surface area contributed by atoms with E-state index in [4.69, 9.17) is 4.74 Å². The van der Waals surface area contributed by atoms with Crippen LogP contribution in [0.25, 0.3) is 0 Å². The third-order valence-electron chi connectivity index (χ3n) is 4.00. The van der Waals surface area contributed by atoms with Gasteiger partial charge < -0.3 is 4.74 Å². The molecule has 1 aromatic carbocycles. The van der Waals surface area contributed by atoms with Crippen LogP contribution in [0, 0.1) is 5.92 Å². The number of rotatable bonds is 2. The maximum Gasteiger partial charge on any atom is 0.309 e. The first-order chi connectivity index (χ1) is 8.63. The Kier molecular flexibility index (Phi) is 3.85. The van der Waals surface area contributed by atoms with Crippen molar-refractivity contribution in [2.75, 3.05) is 7.11 Å². The molecule has 0 aliphatic heterocycles. The summed E-state index contributed by atoms with van der Waals surface area (Å²) in [6.45, 7) is 4.28. The zero-order valence-electron chi connectivity index (χ0n) is 11.3. The van der Waals surface area contributed by atoms with Gasteiger partial charge in [-0.15, -0.1) is 0 Å². The van der Waals surface area contributed by atoms with Gasteiger partial charge in [0.1, 0.15) is 0 Å². The van der Waals surface area contributed by atoms with Crippen LogP contribution in [0.1, 0.15) is 38.2 Å². The van der Waals surface area contributed by atoms with Crippen molar-refractivity contribution in [3.05, 3.63) is 47.0 Å². The Hall–Kier alpha value is -1.57. The van der Waals surface area contributed by atoms with E-state index >= 15 is 0 Å². The molecule has 0 saturated carbocycles. The molecule has 0 aromatic heterocycles. The zero-order chi connectivity index (χ0) is 13.1. The number of hydrogen-bond acceptors (Lipinski definition) is 2. The van der Waals surface area contributed by atoms with Gasteiger partial charge in [-0.2, -0.15) is 0 Å². The van der Waals surface area contributed by atoms with E-state index in [0.717, 1.165) is 12.8 Å². The largest absolute Gasteiger partial charge is 0.469 e. The Balaban J connectivity index is 2.34. The van der Waals surface area contributed by atoms with Crippen LogP contribution in [0.4, 0.5) is 0 Å². The van der Waals surface area contributed by atoms with Crippen molar-refractivity contribution in [2.45, 2.75) is 32.6 Å². The molecule has 0 unspecified atom stereocenters. The molecule has 0 N–H and O–H groups in total. The van der Waals surface area contributed by atoms with Crippen molar-refractivity contribution in [3.8, 4) is 0 Å². The van der Waals surface area contributed by atoms with Crippen LogP contribution in [-0.4, -0.2) is 13.1 Å². The standard InChI is InChI=1S/C16H20O2/c1-11-9-14(13-7-5-4-6-8-13)15(10-12(11)2)16(17)18-3/h4-8,14-15H,9-10H2,1-3H3/t14-,15-/m1/s1. The first kappa shape index (κ1) is 12.9. The number of benzene rings is 1. The molecule has 0 bridgehead atoms. The van der Waals surface area contributed by atoms with E-state index in [9.17, 15) is 4.79 Å². The number of ether oxygens (including phenoxy) is 1. The van der Waals surface area contributed by atoms with E-state index in [1.54, 1.807) is 0 Å². The molecule has 0 saturated heterocycles. The lowest BCUT2D eigenvalue weighted by molar-refractivity contribution is -0.146. The van der Waals surface area contributed by atoms with E-state index in [0.29, 0.717) is 0 Å². The number of hydrogen-bond donors (Lipinski definition) is 0. The highest BCUT2D eigenvalue weighted by molar-refractivity contribution is 5.74. The predicted octanol–water partition coefficient (Wildman–Crippen LogP) is 3.69. The molecule has 1 aliphatic carbocycles. The third kappa shape index (κ3) is 2.47. The quantitative estimate of drug-likeness (QED) is 0.586. The minimum Gasteiger partial charge on any atom is -0.469 e. The molecule has 0 radical (unpaired) electrons. The Morgan fingerprint density at radius 3 is 2.33 bits per heavy atom. The molecule has 2 heteroatoms. The maximum absolute atomic E-state index is 12.0. The van der Waals surface area contributed by atoms with Gasteiger partial charge in [0.25, 0.3) is 0 Å². The Morgan fingerprint density at radius 2 is 1.72 bits per heavy atom. The van der Waals surface area contributed by atoms with Gasteiger partial charge in [-0.1, -0.05) is 41.5 Å². The zero-order valence-corrected chi connectivity index (χ0v) is 11.3. The van der Waals surface area contributed by atoms with Crippen molar-refractivity contribution < 1.29 is 9.53 Å². The van der Waals surface area contributed by atoms with E-state index in [1.807, 2.05) is 18.2 Å². The summed E-state index contributed by atoms with van der Waals surface area (Å²) in [4.78, 5) is 12.0. The predicted molar refractivity (Wildman–Crippen MR) is 72.3 cm³/mol. The Morgan fingerprint density at radius 1 is 1.11 bits per heavy atom. The minimum atomic E-state index is -0.0873. The van der Waals surface area contributed by atoms with Gasteiger partial charge >= 0.3 is 5.97 Å². The molecule has 2 rings (SSSR count). The highest BCUT2D eigenvalue weighted by Crippen LogP contribution is 2.40. The van der Waals surface area contributed by atoms with Gasteiger partial charge in [-0.25, -0.2) is 0 Å². The normalized spacial score (nSPS) is 23.9. The first-order valence-corrected chi connectivity index (χ1v) is 6.41. The lowest BCUT2D eigenvalue weighted by Gasteiger charge is -2.31. The second-order valence-electron chi connectivity index (χ2n) is 5.12. The molecular weight excluding hydrogens is 224 g/mol. The molecule has 1 aromatic rings. The molecule has 96 valence electrons. The van der Waals surface area contributed by atoms with Crippen LogP contribution < -0.4 is 0 Å². The minimum absolute atomic E-state index is 0.0406. The van der Waals surface area contributed by atoms with E-state index in [1.165, 1.54) is 23.8 Å². The molecule has 2 atom stereocenters. The summed E-state index contributed by atoms with van der Waals surface area (Å²) in [5.41, 5.74) is 3.97. The van der Waals surface area contributed by atoms with Crippen LogP contribution in [0.15, 0.2) is 41.5 Å². The summed E-state index contributed by atoms with van der Waals surface area (Å²) >= 11 is 0. The van der Waals surface area contributed by atoms with Crippen LogP contribution in [0.5, 0.6) is 0 Å². The fourth-order valence-electron chi connectivity index (χ4n) is 2.74. The van der Waals surface area contributed by atoms with Crippen molar-refractivity contribution >= 4 is 5.97 Å². The number of esters is 1. The average molecular weight is 244 g/mol. The summed E-state index contributed by atoms with van der Waals surface area (Å²) in [6, 6.07) is 10.3. The van der Waals surface area contributed by atoms with Gasteiger partial charge in [0.15, 0.2) is 0 Å². The van der Waals surface area contributed by atoms with Gasteiger partial charge in [0.05, 0.1) is 13.0 Å². The summed E-state index contributed by atoms with van der Waals surface area (Å²) in [7, 11) is 1.48. The molecular formula is C16H20O2. The number of carbonyl (C=O) groups is 1. The van der Waals surface area contributed by atoms with Crippen molar-refractivity contribution in [1.82, 2.24) is 0 Å². The van der Waals surface area contributed by atoms with Crippen LogP contribution in [-0.2, 0) is 9.53 Å². The maximum atomic E-state index is 12.0. The van der Waals surface area contributed by atoms with Crippen molar-refractivity contribution in [1.29, 1.82) is 0 Å². The lowest BCUT2D eigenvalue weighted by Crippen LogP contribution is -2.27. The summed E-state index contributed by atoms with van der Waals surface area (Å²) in [5, 5.41) is 0. The van der Waals surface area contributed by atoms with Gasteiger partial charge in [-0.05, 0) is 32.3 Å². The Labute approximate surface area is 109 Å². The first-order valence-electron chi connectivity index (χ1n) is 6.41. The smallest absolute Gasteiger partial charge is 0.309 e. The molecule has 0 heterocycles. The topological polar surface area (TPSA) is 26.3 Å². The van der Waals surface area contributed by atoms with Crippen LogP contribution >= 0.6 is 0 Å². The molecule has 0 amide bonds. The molecule has 1 aliphatic rings. The van der Waals surface area contributed by atoms with Gasteiger partial charge in [-0.3, -0.25) is 4.79 Å². The van der Waals surface area contributed by atoms with Crippen LogP contribution in [0.3, 0.4) is 0 Å². The average Bonchev–Trinajstić information content (AvgIpc) is 2.41. The summed E-state index contributed by atoms with van der Waals surface area (Å²) in [5.74, 6) is 0.124. The van der Waals surface area contributed by atoms with E-state index in [-0.39, 0.29) is 17.8 Å². The van der Waals surface area contributed by atoms with Gasteiger partial charge in [0, 0.05) is 5.92 Å². The summed E-state index contributed by atoms with van der Waals surface area (Å²) < 4.78 is 4.96. The molecule has 2 nitrogen and oxygen atoms in total. The number of methoxy groups -OCH3 is 1. The molecule has 18 heavy (non-hydrogen) atoms. The highest BCUT2D eigenvalue weighted by Gasteiger charge is 2.34. The SMILES string of the molecule is COC(=O)[C@@H]1CC(C)=C(C)C[C@@H]1c1ccccc1. The molecule has 0 fully saturated rings. The number of carbonyl (C=O) groups excluding carboxylic acids is 1. The second kappa shape index (κ2) is 5.38. The fraction of sp³-hybridized carbons (Fsp3) is 0.438. The second-order valence-corrected chi connectivity index (χ2v) is 5.12. The third-order valence-corrected chi connectivity index (χ3v) is 4.00. The molecule has 0 spiro atoms. The highest BCUT2D eigenvalue weighted by atomic mass is 16.5. The fourth-order valence-corrected chi connectivity index (χ4v) is 2.74. The van der Waals surface area contributed by atoms with Crippen molar-refractivity contribution in [2.24, 2.45) is 5.92 Å². The monoisotopic (exact) mass is 244 g/mol. The van der Waals surface area contributed by atoms with Crippen molar-refractivity contribution in [3.63, 3.8) is 0 Å². The van der Waals surface area contributed by atoms with Gasteiger partial charge in [0.2, 0.25) is 0 Å². The van der Waals surface area contributed by atoms with E-state index in [2.05, 4.69) is 26.0 Å². The van der Waals surface area contributed by atoms with Crippen LogP contribution in [0.2, 0.25) is 0 Å². The number of allylic oxidation sites excluding steroid dienone is 2. The van der Waals surface area contributed by atoms with E-state index < -0.39 is 0 Å². The lowest BCUT2D eigenvalue weighted by atomic mass is 9.73.